The fourth-order valence-corrected chi connectivity index (χ4v) is 8.74. The first-order valence-electron chi connectivity index (χ1n) is 16.9. The third-order valence-corrected chi connectivity index (χ3v) is 11.2. The van der Waals surface area contributed by atoms with Crippen molar-refractivity contribution in [2.24, 2.45) is 0 Å². The Balaban J connectivity index is 1.20. The molecular weight excluding hydrogens is 583 g/mol. The molecule has 0 bridgehead atoms. The van der Waals surface area contributed by atoms with Crippen molar-refractivity contribution in [3.05, 3.63) is 162 Å². The maximum absolute atomic E-state index is 6.32. The summed E-state index contributed by atoms with van der Waals surface area (Å²) in [7, 11) is 0. The largest absolute Gasteiger partial charge is 0.456 e. The van der Waals surface area contributed by atoms with Crippen LogP contribution in [-0.2, 0) is 10.8 Å². The van der Waals surface area contributed by atoms with Gasteiger partial charge in [0.1, 0.15) is 11.2 Å². The minimum absolute atomic E-state index is 0.0426. The van der Waals surface area contributed by atoms with Crippen LogP contribution in [0.4, 0.5) is 17.1 Å². The van der Waals surface area contributed by atoms with Crippen LogP contribution in [0.2, 0.25) is 0 Å². The number of benzene rings is 7. The van der Waals surface area contributed by atoms with Crippen LogP contribution in [0, 0.1) is 0 Å². The van der Waals surface area contributed by atoms with Crippen molar-refractivity contribution in [3.8, 4) is 22.3 Å². The van der Waals surface area contributed by atoms with E-state index in [2.05, 4.69) is 160 Å². The van der Waals surface area contributed by atoms with Gasteiger partial charge in [0.2, 0.25) is 0 Å². The zero-order chi connectivity index (χ0) is 32.4. The van der Waals surface area contributed by atoms with Gasteiger partial charge in [-0.1, -0.05) is 113 Å². The minimum atomic E-state index is -0.0426. The van der Waals surface area contributed by atoms with E-state index < -0.39 is 0 Å². The van der Waals surface area contributed by atoms with Crippen LogP contribution >= 0.6 is 0 Å². The number of rotatable bonds is 3. The van der Waals surface area contributed by atoms with Gasteiger partial charge in [0, 0.05) is 38.7 Å². The third kappa shape index (κ3) is 3.69. The summed E-state index contributed by atoms with van der Waals surface area (Å²) in [5.74, 6) is 0. The molecule has 7 aromatic carbocycles. The zero-order valence-corrected chi connectivity index (χ0v) is 27.6. The van der Waals surface area contributed by atoms with E-state index in [0.29, 0.717) is 0 Å². The topological polar surface area (TPSA) is 16.4 Å². The van der Waals surface area contributed by atoms with Crippen molar-refractivity contribution in [2.75, 3.05) is 4.90 Å². The van der Waals surface area contributed by atoms with Crippen molar-refractivity contribution in [2.45, 2.75) is 38.5 Å². The number of nitrogens with zero attached hydrogens (tertiary/aromatic N) is 1. The smallest absolute Gasteiger partial charge is 0.136 e. The van der Waals surface area contributed by atoms with Gasteiger partial charge in [-0.2, -0.15) is 0 Å². The highest BCUT2D eigenvalue weighted by Gasteiger charge is 2.37. The standard InChI is InChI=1S/C46H35NO/c1-45(2)39-14-8-5-11-33(39)36-26-31(19-21-41(36)45)47(32-20-22-42-37(27-32)34-12-6-9-15-40(34)46(42,3)4)30-18-17-28-24-38-35-13-7-10-16-43(35)48-44(38)25-29(28)23-30/h5-27H,1-4H3. The van der Waals surface area contributed by atoms with Gasteiger partial charge in [0.25, 0.3) is 0 Å². The fraction of sp³-hybridized carbons (Fsp3) is 0.130. The molecule has 2 aliphatic carbocycles. The third-order valence-electron chi connectivity index (χ3n) is 11.2. The second kappa shape index (κ2) is 9.49. The summed E-state index contributed by atoms with van der Waals surface area (Å²) in [6.45, 7) is 9.38. The molecule has 0 unspecified atom stereocenters. The molecule has 0 spiro atoms. The van der Waals surface area contributed by atoms with Gasteiger partial charge in [0.05, 0.1) is 0 Å². The van der Waals surface area contributed by atoms with Crippen LogP contribution in [0.3, 0.4) is 0 Å². The number of hydrogen-bond acceptors (Lipinski definition) is 2. The second-order valence-electron chi connectivity index (χ2n) is 14.6. The van der Waals surface area contributed by atoms with E-state index >= 15 is 0 Å². The molecule has 0 atom stereocenters. The molecule has 0 amide bonds. The molecule has 48 heavy (non-hydrogen) atoms. The van der Waals surface area contributed by atoms with Gasteiger partial charge in [-0.3, -0.25) is 0 Å². The molecular formula is C46H35NO. The number of anilines is 3. The van der Waals surface area contributed by atoms with Gasteiger partial charge in [0.15, 0.2) is 0 Å². The van der Waals surface area contributed by atoms with Gasteiger partial charge < -0.3 is 9.32 Å². The van der Waals surface area contributed by atoms with E-state index in [0.717, 1.165) is 44.4 Å². The maximum atomic E-state index is 6.32. The average Bonchev–Trinajstić information content (AvgIpc) is 3.66. The molecule has 10 rings (SSSR count). The molecule has 0 N–H and O–H groups in total. The Morgan fingerprint density at radius 1 is 0.396 bits per heavy atom. The Morgan fingerprint density at radius 2 is 0.917 bits per heavy atom. The molecule has 230 valence electrons. The van der Waals surface area contributed by atoms with Crippen LogP contribution in [0.25, 0.3) is 55.0 Å². The molecule has 0 fully saturated rings. The van der Waals surface area contributed by atoms with Crippen LogP contribution in [0.5, 0.6) is 0 Å². The Bertz CT molecular complexity index is 2530. The molecule has 2 heteroatoms. The number of furan rings is 1. The van der Waals surface area contributed by atoms with Gasteiger partial charge in [-0.25, -0.2) is 0 Å². The van der Waals surface area contributed by atoms with Gasteiger partial charge in [-0.05, 0) is 110 Å². The van der Waals surface area contributed by atoms with Crippen molar-refractivity contribution < 1.29 is 4.42 Å². The summed E-state index contributed by atoms with van der Waals surface area (Å²) in [5, 5.41) is 4.67. The Labute approximate surface area is 280 Å². The first kappa shape index (κ1) is 27.5. The summed E-state index contributed by atoms with van der Waals surface area (Å²) >= 11 is 0. The minimum Gasteiger partial charge on any atom is -0.456 e. The molecule has 0 aliphatic heterocycles. The first-order valence-corrected chi connectivity index (χ1v) is 16.9. The maximum Gasteiger partial charge on any atom is 0.136 e. The number of fused-ring (bicyclic) bond motifs is 10. The summed E-state index contributed by atoms with van der Waals surface area (Å²) in [5.41, 5.74) is 16.0. The molecule has 0 saturated carbocycles. The second-order valence-corrected chi connectivity index (χ2v) is 14.6. The van der Waals surface area contributed by atoms with Crippen molar-refractivity contribution in [1.82, 2.24) is 0 Å². The van der Waals surface area contributed by atoms with Gasteiger partial charge >= 0.3 is 0 Å². The molecule has 0 saturated heterocycles. The lowest BCUT2D eigenvalue weighted by Crippen LogP contribution is -2.16. The molecule has 8 aromatic rings. The Kier molecular flexibility index (Phi) is 5.44. The molecule has 1 heterocycles. The van der Waals surface area contributed by atoms with Crippen molar-refractivity contribution in [3.63, 3.8) is 0 Å². The SMILES string of the molecule is CC1(C)c2ccccc2-c2cc(N(c3ccc4c(c3)-c3ccccc3C4(C)C)c3ccc4cc5c(cc4c3)oc3ccccc35)ccc21. The highest BCUT2D eigenvalue weighted by Crippen LogP contribution is 2.53. The lowest BCUT2D eigenvalue weighted by Gasteiger charge is -2.28. The summed E-state index contributed by atoms with van der Waals surface area (Å²) < 4.78 is 6.32. The summed E-state index contributed by atoms with van der Waals surface area (Å²) in [6, 6.07) is 51.5. The predicted molar refractivity (Wildman–Crippen MR) is 201 cm³/mol. The van der Waals surface area contributed by atoms with Crippen LogP contribution in [0.15, 0.2) is 144 Å². The first-order chi connectivity index (χ1) is 23.3. The highest BCUT2D eigenvalue weighted by atomic mass is 16.3. The van der Waals surface area contributed by atoms with Crippen molar-refractivity contribution in [1.29, 1.82) is 0 Å². The average molecular weight is 618 g/mol. The van der Waals surface area contributed by atoms with E-state index in [1.165, 1.54) is 49.9 Å². The molecule has 0 radical (unpaired) electrons. The lowest BCUT2D eigenvalue weighted by atomic mass is 9.82. The van der Waals surface area contributed by atoms with Crippen LogP contribution in [-0.4, -0.2) is 0 Å². The van der Waals surface area contributed by atoms with E-state index in [1.807, 2.05) is 12.1 Å². The van der Waals surface area contributed by atoms with E-state index in [-0.39, 0.29) is 10.8 Å². The zero-order valence-electron chi connectivity index (χ0n) is 27.6. The van der Waals surface area contributed by atoms with Crippen LogP contribution < -0.4 is 4.90 Å². The number of para-hydroxylation sites is 1. The van der Waals surface area contributed by atoms with Crippen molar-refractivity contribution >= 4 is 49.8 Å². The molecule has 2 nitrogen and oxygen atoms in total. The van der Waals surface area contributed by atoms with E-state index in [4.69, 9.17) is 4.42 Å². The quantitative estimate of drug-likeness (QED) is 0.196. The van der Waals surface area contributed by atoms with E-state index in [9.17, 15) is 0 Å². The summed E-state index contributed by atoms with van der Waals surface area (Å²) in [6.07, 6.45) is 0. The Hall–Kier alpha value is -5.60. The monoisotopic (exact) mass is 617 g/mol. The summed E-state index contributed by atoms with van der Waals surface area (Å²) in [4.78, 5) is 2.44. The highest BCUT2D eigenvalue weighted by molar-refractivity contribution is 6.10. The van der Waals surface area contributed by atoms with E-state index in [1.54, 1.807) is 0 Å². The normalized spacial score (nSPS) is 15.0. The lowest BCUT2D eigenvalue weighted by molar-refractivity contribution is 0.660. The van der Waals surface area contributed by atoms with Crippen LogP contribution in [0.1, 0.15) is 49.9 Å². The van der Waals surface area contributed by atoms with Gasteiger partial charge in [-0.15, -0.1) is 0 Å². The molecule has 1 aromatic heterocycles. The molecule has 2 aliphatic rings. The predicted octanol–water partition coefficient (Wildman–Crippen LogP) is 12.8. The Morgan fingerprint density at radius 3 is 1.56 bits per heavy atom. The number of hydrogen-bond donors (Lipinski definition) is 0. The fourth-order valence-electron chi connectivity index (χ4n) is 8.74.